The molecule has 5 nitrogen and oxygen atoms in total. The van der Waals surface area contributed by atoms with E-state index in [1.165, 1.54) is 0 Å². The largest absolute Gasteiger partial charge is 0.446 e. The van der Waals surface area contributed by atoms with Gasteiger partial charge in [0.25, 0.3) is 0 Å². The number of nitrogens with two attached hydrogens (primary N) is 1. The predicted octanol–water partition coefficient (Wildman–Crippen LogP) is 5.09. The molecule has 1 saturated carbocycles. The van der Waals surface area contributed by atoms with E-state index < -0.39 is 13.2 Å². The molecule has 0 radical (unpaired) electrons. The van der Waals surface area contributed by atoms with Crippen LogP contribution in [0, 0.1) is 0 Å². The molecule has 2 aromatic rings. The first-order valence-corrected chi connectivity index (χ1v) is 12.9. The number of hydrogen-bond donors (Lipinski definition) is 1. The Kier molecular flexibility index (Phi) is 5.45. The molecule has 1 saturated heterocycles. The Morgan fingerprint density at radius 3 is 2.63 bits per heavy atom. The van der Waals surface area contributed by atoms with E-state index in [0.717, 1.165) is 69.7 Å². The average molecular weight is 469 g/mol. The smallest absolute Gasteiger partial charge is 0.404 e. The maximum Gasteiger partial charge on any atom is 0.404 e. The van der Waals surface area contributed by atoms with Gasteiger partial charge in [-0.15, -0.1) is 11.3 Å². The summed E-state index contributed by atoms with van der Waals surface area (Å²) >= 11 is 5.23. The molecule has 1 amide bonds. The number of thiazole rings is 1. The molecule has 2 aliphatic rings. The number of primary amides is 1. The molecular weight excluding hydrogens is 447 g/mol. The molecule has 0 atom stereocenters. The van der Waals surface area contributed by atoms with Crippen LogP contribution in [-0.2, 0) is 9.30 Å². The minimum Gasteiger partial charge on any atom is -0.446 e. The van der Waals surface area contributed by atoms with Gasteiger partial charge in [0, 0.05) is 39.8 Å². The molecule has 27 heavy (non-hydrogen) atoms. The fraction of sp³-hybridized carbons (Fsp3) is 0.474. The number of nitrogens with zero attached hydrogens (tertiary/aromatic N) is 1. The van der Waals surface area contributed by atoms with Gasteiger partial charge in [-0.2, -0.15) is 0 Å². The van der Waals surface area contributed by atoms with E-state index in [1.807, 2.05) is 18.3 Å². The highest BCUT2D eigenvalue weighted by Gasteiger charge is 2.35. The summed E-state index contributed by atoms with van der Waals surface area (Å²) in [6.45, 7) is 0. The van der Waals surface area contributed by atoms with Crippen molar-refractivity contribution in [1.82, 2.24) is 4.98 Å². The summed E-state index contributed by atoms with van der Waals surface area (Å²) in [5, 5.41) is 2.11. The maximum atomic E-state index is 13.2. The highest BCUT2D eigenvalue weighted by Crippen LogP contribution is 2.56. The molecule has 1 aromatic carbocycles. The van der Waals surface area contributed by atoms with E-state index in [4.69, 9.17) is 10.5 Å². The van der Waals surface area contributed by atoms with Crippen LogP contribution < -0.4 is 11.0 Å². The van der Waals surface area contributed by atoms with E-state index in [9.17, 15) is 9.36 Å². The van der Waals surface area contributed by atoms with Gasteiger partial charge in [-0.05, 0) is 44.2 Å². The van der Waals surface area contributed by atoms with Crippen molar-refractivity contribution in [2.24, 2.45) is 5.73 Å². The van der Waals surface area contributed by atoms with E-state index in [1.54, 1.807) is 11.3 Å². The van der Waals surface area contributed by atoms with Crippen molar-refractivity contribution in [2.75, 3.05) is 12.3 Å². The predicted molar refractivity (Wildman–Crippen MR) is 113 cm³/mol. The van der Waals surface area contributed by atoms with Gasteiger partial charge in [-0.25, -0.2) is 9.78 Å². The molecule has 1 aliphatic heterocycles. The minimum absolute atomic E-state index is 0.0694. The van der Waals surface area contributed by atoms with E-state index in [2.05, 4.69) is 27.0 Å². The second kappa shape index (κ2) is 7.69. The van der Waals surface area contributed by atoms with E-state index in [-0.39, 0.29) is 6.10 Å². The molecule has 2 N–H and O–H groups in total. The molecule has 1 aromatic heterocycles. The van der Waals surface area contributed by atoms with Crippen LogP contribution in [0.5, 0.6) is 0 Å². The fourth-order valence-electron chi connectivity index (χ4n) is 3.93. The van der Waals surface area contributed by atoms with Crippen LogP contribution in [0.1, 0.15) is 43.0 Å². The molecular formula is C19H22BrN2O3PS. The zero-order chi connectivity index (χ0) is 19.0. The highest BCUT2D eigenvalue weighted by atomic mass is 79.9. The van der Waals surface area contributed by atoms with Gasteiger partial charge >= 0.3 is 6.09 Å². The fourth-order valence-corrected chi connectivity index (χ4v) is 8.05. The number of ether oxygens (including phenoxy) is 1. The third-order valence-electron chi connectivity index (χ3n) is 5.53. The van der Waals surface area contributed by atoms with Crippen LogP contribution in [-0.4, -0.2) is 29.5 Å². The minimum atomic E-state index is -2.23. The number of hydrogen-bond acceptors (Lipinski definition) is 5. The number of amides is 1. The maximum absolute atomic E-state index is 13.2. The second-order valence-electron chi connectivity index (χ2n) is 7.32. The lowest BCUT2D eigenvalue weighted by Crippen LogP contribution is -2.26. The standard InChI is InChI=1S/C19H22BrN2O3PS/c20-13-4-7-15(16(10-13)26(24)8-1-9-26)17-11-22-18(27-17)12-2-5-14(6-3-12)25-19(21)23/h4,7,10-12,14H,1-3,5-6,8-9H2,(H2,21,23). The van der Waals surface area contributed by atoms with Crippen LogP contribution in [0.25, 0.3) is 10.4 Å². The van der Waals surface area contributed by atoms with Gasteiger partial charge in [0.2, 0.25) is 0 Å². The van der Waals surface area contributed by atoms with Gasteiger partial charge in [-0.1, -0.05) is 22.0 Å². The molecule has 4 rings (SSSR count). The zero-order valence-electron chi connectivity index (χ0n) is 14.9. The van der Waals surface area contributed by atoms with Crippen molar-refractivity contribution < 1.29 is 14.1 Å². The number of carbonyl (C=O) groups excluding carboxylic acids is 1. The molecule has 8 heteroatoms. The van der Waals surface area contributed by atoms with E-state index in [0.29, 0.717) is 5.92 Å². The molecule has 2 heterocycles. The number of halogens is 1. The average Bonchev–Trinajstić information content (AvgIpc) is 3.09. The Balaban J connectivity index is 1.54. The summed E-state index contributed by atoms with van der Waals surface area (Å²) in [4.78, 5) is 16.7. The van der Waals surface area contributed by atoms with Gasteiger partial charge in [0.1, 0.15) is 13.2 Å². The third kappa shape index (κ3) is 4.01. The monoisotopic (exact) mass is 468 g/mol. The van der Waals surface area contributed by atoms with Crippen LogP contribution in [0.2, 0.25) is 0 Å². The van der Waals surface area contributed by atoms with Crippen molar-refractivity contribution in [1.29, 1.82) is 0 Å². The topological polar surface area (TPSA) is 82.3 Å². The third-order valence-corrected chi connectivity index (χ3v) is 10.5. The number of benzene rings is 1. The highest BCUT2D eigenvalue weighted by molar-refractivity contribution is 9.10. The summed E-state index contributed by atoms with van der Waals surface area (Å²) in [7, 11) is -2.23. The lowest BCUT2D eigenvalue weighted by Gasteiger charge is -2.28. The Hall–Kier alpha value is -1.17. The summed E-state index contributed by atoms with van der Waals surface area (Å²) in [5.41, 5.74) is 6.18. The SMILES string of the molecule is NC(=O)OC1CCC(c2ncc(-c3ccc(Br)cc3P3(=O)CCC3)s2)CC1. The molecule has 144 valence electrons. The molecule has 0 bridgehead atoms. The van der Waals surface area contributed by atoms with Crippen molar-refractivity contribution >= 4 is 45.8 Å². The molecule has 0 unspecified atom stereocenters. The van der Waals surface area contributed by atoms with Crippen LogP contribution in [0.15, 0.2) is 28.9 Å². The summed E-state index contributed by atoms with van der Waals surface area (Å²) in [6.07, 6.45) is 7.36. The van der Waals surface area contributed by atoms with Crippen molar-refractivity contribution in [2.45, 2.75) is 44.1 Å². The number of aromatic nitrogens is 1. The number of carbonyl (C=O) groups is 1. The Morgan fingerprint density at radius 2 is 2.00 bits per heavy atom. The zero-order valence-corrected chi connectivity index (χ0v) is 18.2. The molecule has 2 fully saturated rings. The summed E-state index contributed by atoms with van der Waals surface area (Å²) in [5.74, 6) is 0.384. The van der Waals surface area contributed by atoms with Gasteiger partial charge in [0.15, 0.2) is 0 Å². The number of rotatable bonds is 4. The second-order valence-corrected chi connectivity index (χ2v) is 12.5. The van der Waals surface area contributed by atoms with Crippen LogP contribution in [0.3, 0.4) is 0 Å². The molecule has 1 aliphatic carbocycles. The van der Waals surface area contributed by atoms with Crippen LogP contribution >= 0.6 is 34.4 Å². The normalized spacial score (nSPS) is 24.2. The quantitative estimate of drug-likeness (QED) is 0.633. The van der Waals surface area contributed by atoms with Gasteiger partial charge < -0.3 is 15.0 Å². The summed E-state index contributed by atoms with van der Waals surface area (Å²) in [6, 6.07) is 6.10. The Bertz CT molecular complexity index is 900. The van der Waals surface area contributed by atoms with Crippen molar-refractivity contribution in [3.63, 3.8) is 0 Å². The first-order valence-electron chi connectivity index (χ1n) is 9.25. The Morgan fingerprint density at radius 1 is 1.26 bits per heavy atom. The first-order chi connectivity index (χ1) is 12.9. The Labute approximate surface area is 171 Å². The van der Waals surface area contributed by atoms with Crippen LogP contribution in [0.4, 0.5) is 4.79 Å². The van der Waals surface area contributed by atoms with E-state index >= 15 is 0 Å². The first kappa shape index (κ1) is 19.2. The van der Waals surface area contributed by atoms with Gasteiger partial charge in [0.05, 0.1) is 9.88 Å². The summed E-state index contributed by atoms with van der Waals surface area (Å²) < 4.78 is 19.3. The lowest BCUT2D eigenvalue weighted by molar-refractivity contribution is 0.0787. The lowest BCUT2D eigenvalue weighted by atomic mass is 9.88. The van der Waals surface area contributed by atoms with Crippen molar-refractivity contribution in [3.05, 3.63) is 33.9 Å². The van der Waals surface area contributed by atoms with Gasteiger partial charge in [-0.3, -0.25) is 0 Å². The van der Waals surface area contributed by atoms with Crippen molar-refractivity contribution in [3.8, 4) is 10.4 Å². The molecule has 0 spiro atoms.